The minimum absolute atomic E-state index is 0.0894. The van der Waals surface area contributed by atoms with Crippen LogP contribution in [0.5, 0.6) is 5.75 Å². The zero-order chi connectivity index (χ0) is 15.5. The van der Waals surface area contributed by atoms with E-state index in [1.165, 1.54) is 0 Å². The Morgan fingerprint density at radius 1 is 1.29 bits per heavy atom. The van der Waals surface area contributed by atoms with Crippen molar-refractivity contribution in [3.05, 3.63) is 35.9 Å². The van der Waals surface area contributed by atoms with E-state index in [4.69, 9.17) is 9.47 Å². The van der Waals surface area contributed by atoms with Crippen molar-refractivity contribution in [2.75, 3.05) is 19.8 Å². The van der Waals surface area contributed by atoms with Gasteiger partial charge in [-0.1, -0.05) is 12.1 Å². The minimum Gasteiger partial charge on any atom is -0.494 e. The number of amides is 1. The van der Waals surface area contributed by atoms with E-state index in [2.05, 4.69) is 5.32 Å². The highest BCUT2D eigenvalue weighted by Gasteiger charge is 1.97. The van der Waals surface area contributed by atoms with Gasteiger partial charge in [0.05, 0.1) is 12.7 Å². The van der Waals surface area contributed by atoms with Crippen molar-refractivity contribution in [3.8, 4) is 5.75 Å². The molecule has 21 heavy (non-hydrogen) atoms. The summed E-state index contributed by atoms with van der Waals surface area (Å²) in [5.74, 6) is 0.748. The maximum atomic E-state index is 11.6. The highest BCUT2D eigenvalue weighted by Crippen LogP contribution is 2.12. The third-order valence-corrected chi connectivity index (χ3v) is 2.69. The van der Waals surface area contributed by atoms with Crippen molar-refractivity contribution < 1.29 is 14.3 Å². The zero-order valence-electron chi connectivity index (χ0n) is 13.1. The molecule has 0 saturated heterocycles. The average Bonchev–Trinajstić information content (AvgIpc) is 2.46. The monoisotopic (exact) mass is 291 g/mol. The first-order valence-corrected chi connectivity index (χ1v) is 7.42. The van der Waals surface area contributed by atoms with Gasteiger partial charge in [-0.15, -0.1) is 0 Å². The summed E-state index contributed by atoms with van der Waals surface area (Å²) in [6, 6.07) is 7.63. The Kier molecular flexibility index (Phi) is 8.21. The normalized spacial score (nSPS) is 11.0. The van der Waals surface area contributed by atoms with Gasteiger partial charge in [0.25, 0.3) is 0 Å². The lowest BCUT2D eigenvalue weighted by Crippen LogP contribution is -2.23. The highest BCUT2D eigenvalue weighted by atomic mass is 16.5. The first-order chi connectivity index (χ1) is 10.1. The van der Waals surface area contributed by atoms with Crippen molar-refractivity contribution >= 4 is 12.0 Å². The minimum atomic E-state index is -0.0894. The summed E-state index contributed by atoms with van der Waals surface area (Å²) in [4.78, 5) is 11.6. The molecule has 1 aromatic rings. The molecule has 0 spiro atoms. The van der Waals surface area contributed by atoms with Gasteiger partial charge in [-0.3, -0.25) is 4.79 Å². The van der Waals surface area contributed by atoms with E-state index < -0.39 is 0 Å². The Morgan fingerprint density at radius 2 is 2.00 bits per heavy atom. The van der Waals surface area contributed by atoms with Gasteiger partial charge in [-0.2, -0.15) is 0 Å². The van der Waals surface area contributed by atoms with Crippen molar-refractivity contribution in [2.24, 2.45) is 0 Å². The maximum absolute atomic E-state index is 11.6. The van der Waals surface area contributed by atoms with E-state index in [0.717, 1.165) is 17.7 Å². The van der Waals surface area contributed by atoms with E-state index >= 15 is 0 Å². The largest absolute Gasteiger partial charge is 0.494 e. The standard InChI is InChI=1S/C17H25NO3/c1-4-20-16-9-6-15(7-10-16)8-11-17(19)18-12-5-13-21-14(2)3/h6-11,14H,4-5,12-13H2,1-3H3,(H,18,19)/b11-8+. The van der Waals surface area contributed by atoms with E-state index in [1.54, 1.807) is 12.2 Å². The lowest BCUT2D eigenvalue weighted by molar-refractivity contribution is -0.116. The molecule has 4 heteroatoms. The lowest BCUT2D eigenvalue weighted by atomic mass is 10.2. The fourth-order valence-corrected chi connectivity index (χ4v) is 1.68. The summed E-state index contributed by atoms with van der Waals surface area (Å²) in [5.41, 5.74) is 0.969. The van der Waals surface area contributed by atoms with Gasteiger partial charge >= 0.3 is 0 Å². The van der Waals surface area contributed by atoms with Crippen LogP contribution in [0.4, 0.5) is 0 Å². The van der Waals surface area contributed by atoms with Gasteiger partial charge < -0.3 is 14.8 Å². The molecule has 0 saturated carbocycles. The van der Waals surface area contributed by atoms with Gasteiger partial charge in [0.1, 0.15) is 5.75 Å². The van der Waals surface area contributed by atoms with Crippen LogP contribution in [0.2, 0.25) is 0 Å². The molecule has 0 atom stereocenters. The number of ether oxygens (including phenoxy) is 2. The first kappa shape index (κ1) is 17.2. The molecular formula is C17H25NO3. The number of carbonyl (C=O) groups excluding carboxylic acids is 1. The molecule has 1 amide bonds. The molecule has 4 nitrogen and oxygen atoms in total. The Bertz CT molecular complexity index is 438. The summed E-state index contributed by atoms with van der Waals surface area (Å²) in [6.45, 7) is 7.89. The van der Waals surface area contributed by atoms with Crippen LogP contribution in [0.3, 0.4) is 0 Å². The van der Waals surface area contributed by atoms with Gasteiger partial charge in [0.15, 0.2) is 0 Å². The van der Waals surface area contributed by atoms with Crippen LogP contribution in [0.15, 0.2) is 30.3 Å². The third-order valence-electron chi connectivity index (χ3n) is 2.69. The molecule has 1 N–H and O–H groups in total. The molecule has 0 aliphatic rings. The second-order valence-electron chi connectivity index (χ2n) is 4.90. The van der Waals surface area contributed by atoms with E-state index in [1.807, 2.05) is 45.0 Å². The molecule has 0 fully saturated rings. The number of nitrogens with one attached hydrogen (secondary N) is 1. The van der Waals surface area contributed by atoms with E-state index in [-0.39, 0.29) is 12.0 Å². The lowest BCUT2D eigenvalue weighted by Gasteiger charge is -2.07. The second-order valence-corrected chi connectivity index (χ2v) is 4.90. The van der Waals surface area contributed by atoms with Crippen LogP contribution in [-0.2, 0) is 9.53 Å². The summed E-state index contributed by atoms with van der Waals surface area (Å²) in [6.07, 6.45) is 4.38. The Hall–Kier alpha value is -1.81. The number of hydrogen-bond donors (Lipinski definition) is 1. The highest BCUT2D eigenvalue weighted by molar-refractivity contribution is 5.91. The Labute approximate surface area is 127 Å². The van der Waals surface area contributed by atoms with Crippen molar-refractivity contribution in [3.63, 3.8) is 0 Å². The average molecular weight is 291 g/mol. The molecule has 0 bridgehead atoms. The first-order valence-electron chi connectivity index (χ1n) is 7.42. The molecule has 0 aliphatic heterocycles. The van der Waals surface area contributed by atoms with Crippen LogP contribution in [0, 0.1) is 0 Å². The Morgan fingerprint density at radius 3 is 2.62 bits per heavy atom. The Balaban J connectivity index is 2.26. The number of rotatable bonds is 9. The van der Waals surface area contributed by atoms with Gasteiger partial charge in [0.2, 0.25) is 5.91 Å². The topological polar surface area (TPSA) is 47.6 Å². The van der Waals surface area contributed by atoms with Crippen LogP contribution in [0.25, 0.3) is 6.08 Å². The quantitative estimate of drug-likeness (QED) is 0.562. The zero-order valence-corrected chi connectivity index (χ0v) is 13.1. The maximum Gasteiger partial charge on any atom is 0.244 e. The van der Waals surface area contributed by atoms with E-state index in [0.29, 0.717) is 19.8 Å². The van der Waals surface area contributed by atoms with Crippen molar-refractivity contribution in [1.29, 1.82) is 0 Å². The molecule has 0 heterocycles. The summed E-state index contributed by atoms with van der Waals surface area (Å²) >= 11 is 0. The summed E-state index contributed by atoms with van der Waals surface area (Å²) < 4.78 is 10.8. The summed E-state index contributed by atoms with van der Waals surface area (Å²) in [5, 5.41) is 2.83. The van der Waals surface area contributed by atoms with Crippen molar-refractivity contribution in [1.82, 2.24) is 5.32 Å². The molecule has 1 rings (SSSR count). The fraction of sp³-hybridized carbons (Fsp3) is 0.471. The van der Waals surface area contributed by atoms with Gasteiger partial charge in [0, 0.05) is 19.2 Å². The van der Waals surface area contributed by atoms with Crippen molar-refractivity contribution in [2.45, 2.75) is 33.3 Å². The predicted molar refractivity (Wildman–Crippen MR) is 85.4 cm³/mol. The van der Waals surface area contributed by atoms with Gasteiger partial charge in [-0.25, -0.2) is 0 Å². The predicted octanol–water partition coefficient (Wildman–Crippen LogP) is 3.03. The van der Waals surface area contributed by atoms with Crippen LogP contribution < -0.4 is 10.1 Å². The SMILES string of the molecule is CCOc1ccc(/C=C/C(=O)NCCCOC(C)C)cc1. The molecule has 0 radical (unpaired) electrons. The van der Waals surface area contributed by atoms with Crippen LogP contribution >= 0.6 is 0 Å². The number of benzene rings is 1. The summed E-state index contributed by atoms with van der Waals surface area (Å²) in [7, 11) is 0. The van der Waals surface area contributed by atoms with Crippen LogP contribution in [-0.4, -0.2) is 31.8 Å². The smallest absolute Gasteiger partial charge is 0.244 e. The van der Waals surface area contributed by atoms with E-state index in [9.17, 15) is 4.79 Å². The third kappa shape index (κ3) is 8.15. The molecule has 0 unspecified atom stereocenters. The molecule has 0 aromatic heterocycles. The molecule has 116 valence electrons. The molecular weight excluding hydrogens is 266 g/mol. The molecule has 0 aliphatic carbocycles. The van der Waals surface area contributed by atoms with Crippen LogP contribution in [0.1, 0.15) is 32.8 Å². The second kappa shape index (κ2) is 10.00. The fourth-order valence-electron chi connectivity index (χ4n) is 1.68. The van der Waals surface area contributed by atoms with Gasteiger partial charge in [-0.05, 0) is 51.0 Å². The number of hydrogen-bond acceptors (Lipinski definition) is 3. The molecule has 1 aromatic carbocycles. The number of carbonyl (C=O) groups is 1.